The molecular weight excluding hydrogens is 401 g/mol. The van der Waals surface area contributed by atoms with E-state index < -0.39 is 24.1 Å². The van der Waals surface area contributed by atoms with Gasteiger partial charge in [0.2, 0.25) is 12.2 Å². The Labute approximate surface area is 182 Å². The maximum absolute atomic E-state index is 13.9. The maximum atomic E-state index is 13.9. The van der Waals surface area contributed by atoms with Gasteiger partial charge in [-0.3, -0.25) is 4.79 Å². The summed E-state index contributed by atoms with van der Waals surface area (Å²) >= 11 is 0. The van der Waals surface area contributed by atoms with Crippen molar-refractivity contribution in [2.75, 3.05) is 6.54 Å². The number of hydrogen-bond donors (Lipinski definition) is 3. The summed E-state index contributed by atoms with van der Waals surface area (Å²) in [6.07, 6.45) is -2.70. The van der Waals surface area contributed by atoms with Crippen molar-refractivity contribution in [3.05, 3.63) is 53.8 Å². The molecule has 1 saturated heterocycles. The Bertz CT molecular complexity index is 932. The number of nitrogens with one attached hydrogen (secondary N) is 1. The summed E-state index contributed by atoms with van der Waals surface area (Å²) in [6, 6.07) is 11.6. The minimum Gasteiger partial charge on any atom is -0.462 e. The molecular formula is C24H30FNO5. The highest BCUT2D eigenvalue weighted by atomic mass is 19.1. The second kappa shape index (κ2) is 9.34. The third kappa shape index (κ3) is 5.42. The largest absolute Gasteiger partial charge is 0.462 e. The summed E-state index contributed by atoms with van der Waals surface area (Å²) in [7, 11) is 0. The van der Waals surface area contributed by atoms with Crippen LogP contribution in [-0.2, 0) is 16.0 Å². The van der Waals surface area contributed by atoms with Crippen molar-refractivity contribution in [3.63, 3.8) is 0 Å². The second-order valence-corrected chi connectivity index (χ2v) is 8.54. The van der Waals surface area contributed by atoms with E-state index in [1.165, 1.54) is 19.1 Å². The molecule has 1 aliphatic heterocycles. The molecule has 2 aromatic carbocycles. The van der Waals surface area contributed by atoms with Gasteiger partial charge in [-0.05, 0) is 61.2 Å². The predicted molar refractivity (Wildman–Crippen MR) is 115 cm³/mol. The van der Waals surface area contributed by atoms with Crippen LogP contribution < -0.4 is 10.1 Å². The van der Waals surface area contributed by atoms with Crippen LogP contribution in [0.5, 0.6) is 5.75 Å². The molecule has 1 heterocycles. The van der Waals surface area contributed by atoms with E-state index in [0.29, 0.717) is 24.3 Å². The quantitative estimate of drug-likeness (QED) is 0.654. The SMILES string of the molecule is CC(=O)NCCc1ccc(OC2OC(C)(C)C(C)C(O)C2O)cc1-c1cccc(F)c1. The number of carbonyl (C=O) groups is 1. The minimum atomic E-state index is -1.21. The number of hydrogen-bond acceptors (Lipinski definition) is 5. The van der Waals surface area contributed by atoms with Gasteiger partial charge in [0.1, 0.15) is 17.7 Å². The van der Waals surface area contributed by atoms with E-state index in [1.54, 1.807) is 24.3 Å². The van der Waals surface area contributed by atoms with Crippen molar-refractivity contribution >= 4 is 5.91 Å². The highest BCUT2D eigenvalue weighted by Crippen LogP contribution is 2.36. The lowest BCUT2D eigenvalue weighted by Gasteiger charge is -2.46. The smallest absolute Gasteiger partial charge is 0.229 e. The van der Waals surface area contributed by atoms with Gasteiger partial charge in [0.25, 0.3) is 0 Å². The molecule has 2 aromatic rings. The standard InChI is InChI=1S/C24H30FNO5/c1-14-21(28)22(29)23(31-24(14,3)4)30-19-9-8-16(10-11-26-15(2)27)20(13-19)17-6-5-7-18(25)12-17/h5-9,12-14,21-23,28-29H,10-11H2,1-4H3,(H,26,27). The third-order valence-electron chi connectivity index (χ3n) is 5.89. The van der Waals surface area contributed by atoms with Gasteiger partial charge < -0.3 is 25.0 Å². The molecule has 31 heavy (non-hydrogen) atoms. The lowest BCUT2D eigenvalue weighted by molar-refractivity contribution is -0.284. The zero-order valence-corrected chi connectivity index (χ0v) is 18.3. The third-order valence-corrected chi connectivity index (χ3v) is 5.89. The topological polar surface area (TPSA) is 88.0 Å². The average molecular weight is 432 g/mol. The van der Waals surface area contributed by atoms with E-state index in [4.69, 9.17) is 9.47 Å². The molecule has 6 nitrogen and oxygen atoms in total. The van der Waals surface area contributed by atoms with Crippen molar-refractivity contribution < 1.29 is 28.9 Å². The van der Waals surface area contributed by atoms with Crippen molar-refractivity contribution in [1.29, 1.82) is 0 Å². The van der Waals surface area contributed by atoms with E-state index >= 15 is 0 Å². The lowest BCUT2D eigenvalue weighted by atomic mass is 9.82. The molecule has 1 fully saturated rings. The Balaban J connectivity index is 1.89. The second-order valence-electron chi connectivity index (χ2n) is 8.54. The monoisotopic (exact) mass is 431 g/mol. The number of carbonyl (C=O) groups excluding carboxylic acids is 1. The fourth-order valence-corrected chi connectivity index (χ4v) is 3.72. The molecule has 0 saturated carbocycles. The van der Waals surface area contributed by atoms with Gasteiger partial charge in [-0.1, -0.05) is 25.1 Å². The molecule has 3 N–H and O–H groups in total. The summed E-state index contributed by atoms with van der Waals surface area (Å²) in [5.74, 6) is -0.335. The van der Waals surface area contributed by atoms with Gasteiger partial charge in [-0.25, -0.2) is 4.39 Å². The highest BCUT2D eigenvalue weighted by molar-refractivity contribution is 5.73. The summed E-state index contributed by atoms with van der Waals surface area (Å²) in [5, 5.41) is 23.6. The number of rotatable bonds is 6. The van der Waals surface area contributed by atoms with Crippen LogP contribution in [0.25, 0.3) is 11.1 Å². The summed E-state index contributed by atoms with van der Waals surface area (Å²) in [6.45, 7) is 7.39. The Morgan fingerprint density at radius 3 is 2.61 bits per heavy atom. The van der Waals surface area contributed by atoms with Crippen LogP contribution in [0.3, 0.4) is 0 Å². The van der Waals surface area contributed by atoms with Gasteiger partial charge in [0.05, 0.1) is 11.7 Å². The molecule has 4 unspecified atom stereocenters. The number of halogens is 1. The molecule has 1 amide bonds. The Morgan fingerprint density at radius 2 is 1.94 bits per heavy atom. The first-order chi connectivity index (χ1) is 14.6. The van der Waals surface area contributed by atoms with Crippen molar-refractivity contribution in [2.24, 2.45) is 5.92 Å². The summed E-state index contributed by atoms with van der Waals surface area (Å²) in [5.41, 5.74) is 1.64. The van der Waals surface area contributed by atoms with Crippen LogP contribution in [0, 0.1) is 11.7 Å². The number of benzene rings is 2. The number of aliphatic hydroxyl groups excluding tert-OH is 2. The van der Waals surface area contributed by atoms with Gasteiger partial charge in [0.15, 0.2) is 0 Å². The maximum Gasteiger partial charge on any atom is 0.229 e. The van der Waals surface area contributed by atoms with E-state index in [0.717, 1.165) is 11.1 Å². The molecule has 0 aromatic heterocycles. The van der Waals surface area contributed by atoms with Crippen LogP contribution in [0.15, 0.2) is 42.5 Å². The van der Waals surface area contributed by atoms with Crippen LogP contribution in [0.1, 0.15) is 33.3 Å². The van der Waals surface area contributed by atoms with Gasteiger partial charge in [0, 0.05) is 19.4 Å². The predicted octanol–water partition coefficient (Wildman–Crippen LogP) is 3.04. The van der Waals surface area contributed by atoms with E-state index in [2.05, 4.69) is 5.32 Å². The zero-order valence-electron chi connectivity index (χ0n) is 18.3. The first-order valence-corrected chi connectivity index (χ1v) is 10.4. The molecule has 0 bridgehead atoms. The molecule has 168 valence electrons. The lowest BCUT2D eigenvalue weighted by Crippen LogP contribution is -2.59. The van der Waals surface area contributed by atoms with Crippen molar-refractivity contribution in [1.82, 2.24) is 5.32 Å². The molecule has 0 aliphatic carbocycles. The Kier molecular flexibility index (Phi) is 6.99. The fraction of sp³-hybridized carbons (Fsp3) is 0.458. The van der Waals surface area contributed by atoms with Crippen molar-refractivity contribution in [3.8, 4) is 16.9 Å². The van der Waals surface area contributed by atoms with E-state index in [9.17, 15) is 19.4 Å². The number of ether oxygens (including phenoxy) is 2. The molecule has 7 heteroatoms. The van der Waals surface area contributed by atoms with Crippen molar-refractivity contribution in [2.45, 2.75) is 58.2 Å². The van der Waals surface area contributed by atoms with Crippen LogP contribution >= 0.6 is 0 Å². The summed E-state index contributed by atoms with van der Waals surface area (Å²) in [4.78, 5) is 11.2. The first kappa shape index (κ1) is 23.2. The normalized spacial score (nSPS) is 25.1. The van der Waals surface area contributed by atoms with Gasteiger partial charge in [-0.15, -0.1) is 0 Å². The molecule has 1 aliphatic rings. The fourth-order valence-electron chi connectivity index (χ4n) is 3.72. The van der Waals surface area contributed by atoms with E-state index in [-0.39, 0.29) is 17.6 Å². The van der Waals surface area contributed by atoms with Crippen LogP contribution in [0.4, 0.5) is 4.39 Å². The van der Waals surface area contributed by atoms with Gasteiger partial charge >= 0.3 is 0 Å². The Morgan fingerprint density at radius 1 is 1.19 bits per heavy atom. The number of aliphatic hydroxyl groups is 2. The molecule has 0 radical (unpaired) electrons. The molecule has 0 spiro atoms. The first-order valence-electron chi connectivity index (χ1n) is 10.4. The van der Waals surface area contributed by atoms with Crippen LogP contribution in [0.2, 0.25) is 0 Å². The summed E-state index contributed by atoms with van der Waals surface area (Å²) < 4.78 is 25.7. The minimum absolute atomic E-state index is 0.119. The van der Waals surface area contributed by atoms with Crippen LogP contribution in [-0.4, -0.2) is 46.8 Å². The van der Waals surface area contributed by atoms with E-state index in [1.807, 2.05) is 26.8 Å². The Hall–Kier alpha value is -2.48. The molecule has 3 rings (SSSR count). The highest BCUT2D eigenvalue weighted by Gasteiger charge is 2.47. The number of amides is 1. The van der Waals surface area contributed by atoms with Gasteiger partial charge in [-0.2, -0.15) is 0 Å². The zero-order chi connectivity index (χ0) is 22.8. The average Bonchev–Trinajstić information content (AvgIpc) is 2.71. The molecule has 4 atom stereocenters.